The van der Waals surface area contributed by atoms with Crippen LogP contribution in [0.4, 0.5) is 11.4 Å². The summed E-state index contributed by atoms with van der Waals surface area (Å²) in [5.41, 5.74) is 7.73. The number of aromatic amines is 1. The second kappa shape index (κ2) is 13.1. The highest BCUT2D eigenvalue weighted by Crippen LogP contribution is 2.46. The molecule has 0 radical (unpaired) electrons. The minimum Gasteiger partial charge on any atom is -0.381 e. The van der Waals surface area contributed by atoms with E-state index in [0.29, 0.717) is 49.3 Å². The van der Waals surface area contributed by atoms with Gasteiger partial charge in [-0.2, -0.15) is 0 Å². The number of carbonyl (C=O) groups is 2. The molecule has 2 aromatic carbocycles. The van der Waals surface area contributed by atoms with Crippen LogP contribution in [-0.4, -0.2) is 79.8 Å². The molecule has 0 unspecified atom stereocenters. The normalized spacial score (nSPS) is 19.5. The number of pyridine rings is 1. The van der Waals surface area contributed by atoms with Crippen LogP contribution in [0, 0.1) is 20.8 Å². The average molecular weight is 654 g/mol. The zero-order valence-electron chi connectivity index (χ0n) is 28.5. The van der Waals surface area contributed by atoms with Crippen LogP contribution in [0.5, 0.6) is 0 Å². The van der Waals surface area contributed by atoms with Gasteiger partial charge in [0.15, 0.2) is 0 Å². The SMILES string of the molecule is CCN(c1cc(-c2ccc3c(c2)NC(=O)C32CCOCC2)cc(C(=O)NCc2c(C)cc(C)[nH]c2=O)c1C)C1CCN(C2COC2)CC1. The lowest BCUT2D eigenvalue weighted by Gasteiger charge is -2.44. The highest BCUT2D eigenvalue weighted by Gasteiger charge is 2.47. The number of fused-ring (bicyclic) bond motifs is 2. The van der Waals surface area contributed by atoms with Crippen molar-refractivity contribution in [3.8, 4) is 11.1 Å². The van der Waals surface area contributed by atoms with E-state index >= 15 is 0 Å². The monoisotopic (exact) mass is 653 g/mol. The van der Waals surface area contributed by atoms with Crippen LogP contribution in [0.1, 0.15) is 70.9 Å². The summed E-state index contributed by atoms with van der Waals surface area (Å²) in [5, 5.41) is 6.21. The van der Waals surface area contributed by atoms with Crippen molar-refractivity contribution in [2.45, 2.75) is 77.4 Å². The van der Waals surface area contributed by atoms with Gasteiger partial charge in [0.05, 0.1) is 24.7 Å². The van der Waals surface area contributed by atoms with E-state index in [0.717, 1.165) is 90.6 Å². The summed E-state index contributed by atoms with van der Waals surface area (Å²) in [6.45, 7) is 13.8. The number of nitrogens with one attached hydrogen (secondary N) is 3. The van der Waals surface area contributed by atoms with Gasteiger partial charge >= 0.3 is 0 Å². The third-order valence-corrected chi connectivity index (χ3v) is 11.2. The van der Waals surface area contributed by atoms with Crippen molar-refractivity contribution < 1.29 is 19.1 Å². The maximum Gasteiger partial charge on any atom is 0.253 e. The van der Waals surface area contributed by atoms with Gasteiger partial charge in [-0.15, -0.1) is 0 Å². The highest BCUT2D eigenvalue weighted by atomic mass is 16.5. The van der Waals surface area contributed by atoms with Crippen LogP contribution in [-0.2, 0) is 26.2 Å². The fourth-order valence-corrected chi connectivity index (χ4v) is 8.21. The van der Waals surface area contributed by atoms with Crippen molar-refractivity contribution >= 4 is 23.2 Å². The Bertz CT molecular complexity index is 1780. The highest BCUT2D eigenvalue weighted by molar-refractivity contribution is 6.07. The van der Waals surface area contributed by atoms with E-state index in [1.165, 1.54) is 0 Å². The molecule has 4 aliphatic rings. The number of likely N-dealkylation sites (tertiary alicyclic amines) is 1. The molecule has 0 saturated carbocycles. The molecule has 10 nitrogen and oxygen atoms in total. The predicted octanol–water partition coefficient (Wildman–Crippen LogP) is 4.59. The minimum atomic E-state index is -0.541. The summed E-state index contributed by atoms with van der Waals surface area (Å²) >= 11 is 0. The third kappa shape index (κ3) is 5.84. The van der Waals surface area contributed by atoms with Crippen molar-refractivity contribution in [3.05, 3.63) is 80.3 Å². The molecule has 7 rings (SSSR count). The molecule has 10 heteroatoms. The smallest absolute Gasteiger partial charge is 0.253 e. The molecule has 0 bridgehead atoms. The molecule has 5 heterocycles. The molecule has 1 spiro atoms. The zero-order chi connectivity index (χ0) is 33.6. The molecule has 0 aliphatic carbocycles. The van der Waals surface area contributed by atoms with Crippen molar-refractivity contribution in [2.75, 3.05) is 56.3 Å². The van der Waals surface area contributed by atoms with E-state index in [4.69, 9.17) is 9.47 Å². The largest absolute Gasteiger partial charge is 0.381 e. The summed E-state index contributed by atoms with van der Waals surface area (Å²) in [5.74, 6) is -0.178. The fourth-order valence-electron chi connectivity index (χ4n) is 8.21. The first-order valence-corrected chi connectivity index (χ1v) is 17.4. The lowest BCUT2D eigenvalue weighted by molar-refractivity contribution is -0.124. The van der Waals surface area contributed by atoms with Gasteiger partial charge in [-0.05, 0) is 105 Å². The number of carbonyl (C=O) groups excluding carboxylic acids is 2. The van der Waals surface area contributed by atoms with E-state index in [-0.39, 0.29) is 23.9 Å². The van der Waals surface area contributed by atoms with Gasteiger partial charge in [0.1, 0.15) is 0 Å². The molecule has 1 aromatic heterocycles. The Kier molecular flexibility index (Phi) is 8.91. The van der Waals surface area contributed by atoms with Gasteiger partial charge in [0, 0.05) is 73.6 Å². The van der Waals surface area contributed by atoms with Crippen LogP contribution in [0.15, 0.2) is 41.2 Å². The van der Waals surface area contributed by atoms with Gasteiger partial charge in [0.25, 0.3) is 11.5 Å². The Labute approximate surface area is 282 Å². The number of benzene rings is 2. The Morgan fingerprint density at radius 1 is 1.00 bits per heavy atom. The third-order valence-electron chi connectivity index (χ3n) is 11.2. The standard InChI is InChI=1S/C38H47N5O5/c1-5-43(28-8-12-42(13-9-28)29-21-48-22-29)34-19-27(26-6-7-32-33(18-26)41-37(46)38(32)10-14-47-15-11-38)17-30(25(34)4)35(44)39-20-31-23(2)16-24(3)40-36(31)45/h6-7,16-19,28-29H,5,8-15,20-22H2,1-4H3,(H,39,44)(H,40,45)(H,41,46). The Morgan fingerprint density at radius 3 is 2.42 bits per heavy atom. The molecule has 3 aromatic rings. The number of nitrogens with zero attached hydrogens (tertiary/aromatic N) is 2. The van der Waals surface area contributed by atoms with E-state index in [1.807, 2.05) is 32.9 Å². The molecule has 48 heavy (non-hydrogen) atoms. The van der Waals surface area contributed by atoms with Crippen LogP contribution < -0.4 is 21.1 Å². The predicted molar refractivity (Wildman–Crippen MR) is 187 cm³/mol. The fraction of sp³-hybridized carbons (Fsp3) is 0.500. The Hall–Kier alpha value is -3.99. The molecule has 0 atom stereocenters. The molecule has 3 N–H and O–H groups in total. The minimum absolute atomic E-state index is 0.0426. The first kappa shape index (κ1) is 32.6. The van der Waals surface area contributed by atoms with E-state index < -0.39 is 5.41 Å². The number of anilines is 2. The number of amides is 2. The van der Waals surface area contributed by atoms with Crippen molar-refractivity contribution in [1.82, 2.24) is 15.2 Å². The summed E-state index contributed by atoms with van der Waals surface area (Å²) in [6, 6.07) is 13.2. The van der Waals surface area contributed by atoms with Gasteiger partial charge in [-0.25, -0.2) is 0 Å². The summed E-state index contributed by atoms with van der Waals surface area (Å²) in [4.78, 5) is 47.9. The summed E-state index contributed by atoms with van der Waals surface area (Å²) in [7, 11) is 0. The topological polar surface area (TPSA) is 116 Å². The van der Waals surface area contributed by atoms with Crippen LogP contribution in [0.2, 0.25) is 0 Å². The van der Waals surface area contributed by atoms with Crippen LogP contribution >= 0.6 is 0 Å². The number of aromatic nitrogens is 1. The molecule has 4 aliphatic heterocycles. The summed E-state index contributed by atoms with van der Waals surface area (Å²) < 4.78 is 11.1. The number of hydrogen-bond donors (Lipinski definition) is 3. The van der Waals surface area contributed by atoms with Gasteiger partial charge in [-0.3, -0.25) is 19.3 Å². The maximum atomic E-state index is 14.0. The van der Waals surface area contributed by atoms with E-state index in [1.54, 1.807) is 0 Å². The van der Waals surface area contributed by atoms with Crippen molar-refractivity contribution in [1.29, 1.82) is 0 Å². The number of aryl methyl sites for hydroxylation is 2. The molecule has 2 amide bonds. The van der Waals surface area contributed by atoms with Crippen LogP contribution in [0.25, 0.3) is 11.1 Å². The zero-order valence-corrected chi connectivity index (χ0v) is 28.5. The molecule has 254 valence electrons. The molecular weight excluding hydrogens is 606 g/mol. The Balaban J connectivity index is 1.24. The molecule has 3 fully saturated rings. The number of H-pyrrole nitrogens is 1. The quantitative estimate of drug-likeness (QED) is 0.326. The van der Waals surface area contributed by atoms with E-state index in [9.17, 15) is 14.4 Å². The molecule has 3 saturated heterocycles. The second-order valence-corrected chi connectivity index (χ2v) is 13.9. The number of rotatable bonds is 8. The van der Waals surface area contributed by atoms with Crippen LogP contribution in [0.3, 0.4) is 0 Å². The van der Waals surface area contributed by atoms with Crippen molar-refractivity contribution in [2.24, 2.45) is 0 Å². The average Bonchev–Trinajstić information content (AvgIpc) is 3.30. The number of hydrogen-bond acceptors (Lipinski definition) is 7. The maximum absolute atomic E-state index is 14.0. The Morgan fingerprint density at radius 2 is 1.75 bits per heavy atom. The number of ether oxygens (including phenoxy) is 2. The lowest BCUT2D eigenvalue weighted by atomic mass is 9.75. The number of piperidine rings is 1. The van der Waals surface area contributed by atoms with E-state index in [2.05, 4.69) is 56.6 Å². The van der Waals surface area contributed by atoms with Crippen molar-refractivity contribution in [3.63, 3.8) is 0 Å². The first-order valence-electron chi connectivity index (χ1n) is 17.4. The first-order chi connectivity index (χ1) is 23.2. The van der Waals surface area contributed by atoms with Gasteiger partial charge in [-0.1, -0.05) is 12.1 Å². The summed E-state index contributed by atoms with van der Waals surface area (Å²) in [6.07, 6.45) is 3.43. The van der Waals surface area contributed by atoms with Gasteiger partial charge in [0.2, 0.25) is 5.91 Å². The second-order valence-electron chi connectivity index (χ2n) is 13.9. The molecular formula is C38H47N5O5. The lowest BCUT2D eigenvalue weighted by Crippen LogP contribution is -2.54. The van der Waals surface area contributed by atoms with Gasteiger partial charge < -0.3 is 30.0 Å².